The first-order valence-electron chi connectivity index (χ1n) is 15.8. The van der Waals surface area contributed by atoms with Crippen molar-refractivity contribution in [3.05, 3.63) is 176 Å². The maximum absolute atomic E-state index is 14.1. The summed E-state index contributed by atoms with van der Waals surface area (Å²) in [5.41, 5.74) is 4.63. The van der Waals surface area contributed by atoms with E-state index in [-0.39, 0.29) is 0 Å². The van der Waals surface area contributed by atoms with Gasteiger partial charge >= 0.3 is 0 Å². The van der Waals surface area contributed by atoms with E-state index in [1.54, 1.807) is 6.07 Å². The van der Waals surface area contributed by atoms with Crippen LogP contribution in [0.15, 0.2) is 186 Å². The smallest absolute Gasteiger partial charge is 0.207 e. The fourth-order valence-electron chi connectivity index (χ4n) is 7.69. The van der Waals surface area contributed by atoms with Crippen LogP contribution in [0.1, 0.15) is 0 Å². The van der Waals surface area contributed by atoms with E-state index in [0.29, 0.717) is 9.79 Å². The summed E-state index contributed by atoms with van der Waals surface area (Å²) in [6.45, 7) is 0. The number of hydrogen-bond acceptors (Lipinski definition) is 2. The van der Waals surface area contributed by atoms with Crippen molar-refractivity contribution in [3.8, 4) is 16.8 Å². The van der Waals surface area contributed by atoms with Gasteiger partial charge in [0.05, 0.1) is 20.8 Å². The van der Waals surface area contributed by atoms with Crippen LogP contribution in [-0.4, -0.2) is 21.1 Å². The molecule has 224 valence electrons. The first-order valence-corrected chi connectivity index (χ1v) is 19.3. The van der Waals surface area contributed by atoms with Crippen LogP contribution in [0.4, 0.5) is 0 Å². The second-order valence-corrected chi connectivity index (χ2v) is 17.8. The number of fused-ring (bicyclic) bond motifs is 6. The minimum Gasteiger partial charge on any atom is -0.309 e. The van der Waals surface area contributed by atoms with E-state index in [9.17, 15) is 8.42 Å². The van der Waals surface area contributed by atoms with Gasteiger partial charge in [-0.2, -0.15) is 0 Å². The van der Waals surface area contributed by atoms with E-state index in [1.165, 1.54) is 26.3 Å². The van der Waals surface area contributed by atoms with Crippen LogP contribution in [0.3, 0.4) is 0 Å². The molecule has 0 N–H and O–H groups in total. The zero-order valence-corrected chi connectivity index (χ0v) is 27.2. The molecule has 0 unspecified atom stereocenters. The summed E-state index contributed by atoms with van der Waals surface area (Å²) in [5.74, 6) is 0. The number of hydrogen-bond donors (Lipinski definition) is 0. The van der Waals surface area contributed by atoms with E-state index >= 15 is 0 Å². The molecule has 7 aromatic carbocycles. The number of rotatable bonds is 5. The van der Waals surface area contributed by atoms with Gasteiger partial charge in [0.25, 0.3) is 0 Å². The number of sulfone groups is 1. The fraction of sp³-hybridized carbons (Fsp3) is 0. The molecule has 47 heavy (non-hydrogen) atoms. The summed E-state index contributed by atoms with van der Waals surface area (Å²) < 4.78 is 30.4. The molecule has 0 radical (unpaired) electrons. The van der Waals surface area contributed by atoms with Gasteiger partial charge in [-0.15, -0.1) is 0 Å². The van der Waals surface area contributed by atoms with Crippen molar-refractivity contribution in [2.24, 2.45) is 0 Å². The van der Waals surface area contributed by atoms with E-state index in [0.717, 1.165) is 33.0 Å². The molecule has 2 heterocycles. The summed E-state index contributed by atoms with van der Waals surface area (Å²) in [7, 11) is -6.54. The number of nitrogens with zero attached hydrogens (tertiary/aromatic N) is 1. The fourth-order valence-corrected chi connectivity index (χ4v) is 14.1. The predicted molar refractivity (Wildman–Crippen MR) is 195 cm³/mol. The second kappa shape index (κ2) is 10.5. The summed E-state index contributed by atoms with van der Waals surface area (Å²) in [6, 6.07) is 60.8. The molecule has 0 fully saturated rings. The lowest BCUT2D eigenvalue weighted by molar-refractivity contribution is 0.598. The van der Waals surface area contributed by atoms with E-state index < -0.39 is 17.9 Å². The van der Waals surface area contributed by atoms with Gasteiger partial charge in [0.1, 0.15) is 0 Å². The lowest BCUT2D eigenvalue weighted by Gasteiger charge is -2.34. The number of benzene rings is 7. The van der Waals surface area contributed by atoms with Crippen LogP contribution in [0.25, 0.3) is 38.6 Å². The Labute approximate surface area is 274 Å². The summed E-state index contributed by atoms with van der Waals surface area (Å²) in [6.07, 6.45) is 0. The largest absolute Gasteiger partial charge is 0.309 e. The standard InChI is InChI=1S/C42H29NO2SSi/c44-46(45)41-26-24-30(43-39-22-12-10-20-35(39)36-21-11-13-23-40(36)43)28-37(41)38-29-34(25-27-42(38)46)47(31-14-4-1-5-15-31,32-16-6-2-7-17-32)33-18-8-3-9-19-33/h1-29H. The Hall–Kier alpha value is -5.49. The van der Waals surface area contributed by atoms with Crippen LogP contribution in [0, 0.1) is 0 Å². The molecule has 0 aliphatic carbocycles. The van der Waals surface area contributed by atoms with Gasteiger partial charge in [-0.1, -0.05) is 140 Å². The zero-order valence-electron chi connectivity index (χ0n) is 25.4. The molecule has 0 amide bonds. The topological polar surface area (TPSA) is 39.1 Å². The van der Waals surface area contributed by atoms with E-state index in [2.05, 4.69) is 162 Å². The maximum atomic E-state index is 14.1. The molecule has 1 aromatic heterocycles. The van der Waals surface area contributed by atoms with Gasteiger partial charge in [-0.3, -0.25) is 0 Å². The maximum Gasteiger partial charge on any atom is 0.207 e. The Kier molecular flexibility index (Phi) is 6.22. The van der Waals surface area contributed by atoms with Gasteiger partial charge < -0.3 is 4.57 Å². The van der Waals surface area contributed by atoms with Gasteiger partial charge in [-0.05, 0) is 57.1 Å². The Morgan fingerprint density at radius 3 is 1.34 bits per heavy atom. The van der Waals surface area contributed by atoms with Crippen molar-refractivity contribution < 1.29 is 8.42 Å². The summed E-state index contributed by atoms with van der Waals surface area (Å²) in [5, 5.41) is 7.23. The first-order chi connectivity index (χ1) is 23.1. The van der Waals surface area contributed by atoms with Gasteiger partial charge in [0, 0.05) is 27.6 Å². The average Bonchev–Trinajstić information content (AvgIpc) is 3.58. The lowest BCUT2D eigenvalue weighted by atomic mass is 10.1. The Morgan fingerprint density at radius 1 is 0.404 bits per heavy atom. The molecular weight excluding hydrogens is 611 g/mol. The molecule has 9 rings (SSSR count). The number of aromatic nitrogens is 1. The van der Waals surface area contributed by atoms with Crippen molar-refractivity contribution in [2.75, 3.05) is 0 Å². The molecule has 1 aliphatic heterocycles. The molecule has 8 aromatic rings. The van der Waals surface area contributed by atoms with Crippen molar-refractivity contribution >= 4 is 60.5 Å². The SMILES string of the molecule is O=S1(=O)c2ccc(-n3c4ccccc4c4ccccc43)cc2-c2cc([Si](c3ccccc3)(c3ccccc3)c3ccccc3)ccc21. The molecule has 0 atom stereocenters. The van der Waals surface area contributed by atoms with Crippen molar-refractivity contribution in [1.82, 2.24) is 4.57 Å². The molecule has 5 heteroatoms. The quantitative estimate of drug-likeness (QED) is 0.151. The Balaban J connectivity index is 1.33. The normalized spacial score (nSPS) is 13.4. The lowest BCUT2D eigenvalue weighted by Crippen LogP contribution is -2.74. The summed E-state index contributed by atoms with van der Waals surface area (Å²) >= 11 is 0. The highest BCUT2D eigenvalue weighted by molar-refractivity contribution is 7.92. The third-order valence-electron chi connectivity index (χ3n) is 9.70. The monoisotopic (exact) mass is 639 g/mol. The highest BCUT2D eigenvalue weighted by Crippen LogP contribution is 2.44. The average molecular weight is 640 g/mol. The first kappa shape index (κ1) is 27.8. The molecule has 0 saturated heterocycles. The van der Waals surface area contributed by atoms with Crippen LogP contribution in [0.5, 0.6) is 0 Å². The van der Waals surface area contributed by atoms with Crippen LogP contribution >= 0.6 is 0 Å². The predicted octanol–water partition coefficient (Wildman–Crippen LogP) is 6.97. The van der Waals surface area contributed by atoms with Gasteiger partial charge in [0.15, 0.2) is 8.07 Å². The van der Waals surface area contributed by atoms with Crippen molar-refractivity contribution in [1.29, 1.82) is 0 Å². The molecule has 3 nitrogen and oxygen atoms in total. The third-order valence-corrected chi connectivity index (χ3v) is 16.3. The minimum atomic E-state index is -3.69. The van der Waals surface area contributed by atoms with Crippen LogP contribution in [-0.2, 0) is 9.84 Å². The Morgan fingerprint density at radius 2 is 0.830 bits per heavy atom. The van der Waals surface area contributed by atoms with E-state index in [1.807, 2.05) is 12.1 Å². The summed E-state index contributed by atoms with van der Waals surface area (Å²) in [4.78, 5) is 0.730. The third kappa shape index (κ3) is 4.00. The van der Waals surface area contributed by atoms with Crippen molar-refractivity contribution in [3.63, 3.8) is 0 Å². The van der Waals surface area contributed by atoms with E-state index in [4.69, 9.17) is 0 Å². The van der Waals surface area contributed by atoms with Crippen LogP contribution in [0.2, 0.25) is 0 Å². The molecular formula is C42H29NO2SSi. The van der Waals surface area contributed by atoms with Crippen LogP contribution < -0.4 is 20.7 Å². The highest BCUT2D eigenvalue weighted by Gasteiger charge is 2.43. The Bertz CT molecular complexity index is 2430. The second-order valence-electron chi connectivity index (χ2n) is 12.1. The van der Waals surface area contributed by atoms with Crippen molar-refractivity contribution in [2.45, 2.75) is 9.79 Å². The zero-order chi connectivity index (χ0) is 31.6. The van der Waals surface area contributed by atoms with Gasteiger partial charge in [0.2, 0.25) is 9.84 Å². The van der Waals surface area contributed by atoms with Gasteiger partial charge in [-0.25, -0.2) is 8.42 Å². The molecule has 0 spiro atoms. The minimum absolute atomic E-state index is 0.362. The molecule has 1 aliphatic rings. The number of para-hydroxylation sites is 2. The molecule has 0 saturated carbocycles. The molecule has 0 bridgehead atoms. The highest BCUT2D eigenvalue weighted by atomic mass is 32.2.